The molecule has 0 saturated carbocycles. The first kappa shape index (κ1) is 17.3. The van der Waals surface area contributed by atoms with E-state index >= 15 is 0 Å². The molecule has 0 spiro atoms. The molecular formula is C12H25NO5. The van der Waals surface area contributed by atoms with Crippen LogP contribution in [0.2, 0.25) is 0 Å². The SMILES string of the molecule is COCC(C)CN(CCOCC(O)CO)C(C)=O. The van der Waals surface area contributed by atoms with Gasteiger partial charge in [0.05, 0.1) is 26.4 Å². The van der Waals surface area contributed by atoms with Crippen LogP contribution in [0.1, 0.15) is 13.8 Å². The van der Waals surface area contributed by atoms with Crippen LogP contribution in [0.25, 0.3) is 0 Å². The lowest BCUT2D eigenvalue weighted by atomic mass is 10.2. The number of aliphatic hydroxyl groups is 2. The summed E-state index contributed by atoms with van der Waals surface area (Å²) in [5, 5.41) is 17.7. The van der Waals surface area contributed by atoms with E-state index in [1.54, 1.807) is 12.0 Å². The van der Waals surface area contributed by atoms with Gasteiger partial charge >= 0.3 is 0 Å². The topological polar surface area (TPSA) is 79.2 Å². The third-order valence-electron chi connectivity index (χ3n) is 2.46. The molecule has 0 saturated heterocycles. The fraction of sp³-hybridized carbons (Fsp3) is 0.917. The van der Waals surface area contributed by atoms with Gasteiger partial charge in [-0.15, -0.1) is 0 Å². The van der Waals surface area contributed by atoms with Crippen molar-refractivity contribution in [2.24, 2.45) is 5.92 Å². The van der Waals surface area contributed by atoms with Gasteiger partial charge in [-0.3, -0.25) is 4.79 Å². The van der Waals surface area contributed by atoms with E-state index in [0.717, 1.165) is 0 Å². The first-order chi connectivity index (χ1) is 8.51. The van der Waals surface area contributed by atoms with E-state index < -0.39 is 6.10 Å². The predicted molar refractivity (Wildman–Crippen MR) is 67.2 cm³/mol. The number of hydrogen-bond donors (Lipinski definition) is 2. The zero-order valence-corrected chi connectivity index (χ0v) is 11.5. The summed E-state index contributed by atoms with van der Waals surface area (Å²) in [6.07, 6.45) is -0.858. The second-order valence-electron chi connectivity index (χ2n) is 4.44. The molecule has 0 radical (unpaired) electrons. The number of methoxy groups -OCH3 is 1. The molecular weight excluding hydrogens is 238 g/mol. The smallest absolute Gasteiger partial charge is 0.219 e. The van der Waals surface area contributed by atoms with Crippen molar-refractivity contribution in [3.63, 3.8) is 0 Å². The van der Waals surface area contributed by atoms with E-state index in [0.29, 0.717) is 26.3 Å². The summed E-state index contributed by atoms with van der Waals surface area (Å²) in [6.45, 7) is 5.33. The Bertz CT molecular complexity index is 225. The van der Waals surface area contributed by atoms with Crippen LogP contribution in [-0.4, -0.2) is 73.8 Å². The second-order valence-corrected chi connectivity index (χ2v) is 4.44. The first-order valence-corrected chi connectivity index (χ1v) is 6.12. The van der Waals surface area contributed by atoms with Crippen LogP contribution in [0.4, 0.5) is 0 Å². The molecule has 18 heavy (non-hydrogen) atoms. The van der Waals surface area contributed by atoms with E-state index in [2.05, 4.69) is 0 Å². The normalized spacial score (nSPS) is 14.3. The van der Waals surface area contributed by atoms with Crippen LogP contribution in [-0.2, 0) is 14.3 Å². The largest absolute Gasteiger partial charge is 0.394 e. The molecule has 6 nitrogen and oxygen atoms in total. The van der Waals surface area contributed by atoms with E-state index in [1.807, 2.05) is 6.92 Å². The Balaban J connectivity index is 3.87. The molecule has 1 amide bonds. The van der Waals surface area contributed by atoms with Crippen molar-refractivity contribution in [1.29, 1.82) is 0 Å². The van der Waals surface area contributed by atoms with Gasteiger partial charge in [-0.1, -0.05) is 6.92 Å². The maximum absolute atomic E-state index is 11.4. The van der Waals surface area contributed by atoms with Gasteiger partial charge in [-0.05, 0) is 5.92 Å². The van der Waals surface area contributed by atoms with Gasteiger partial charge in [0.2, 0.25) is 5.91 Å². The summed E-state index contributed by atoms with van der Waals surface area (Å²) in [4.78, 5) is 13.1. The molecule has 2 N–H and O–H groups in total. The number of rotatable bonds is 10. The molecule has 0 aliphatic heterocycles. The molecule has 0 fully saturated rings. The average molecular weight is 263 g/mol. The number of carbonyl (C=O) groups is 1. The minimum Gasteiger partial charge on any atom is -0.394 e. The summed E-state index contributed by atoms with van der Waals surface area (Å²) in [5.41, 5.74) is 0. The number of aliphatic hydroxyl groups excluding tert-OH is 2. The van der Waals surface area contributed by atoms with Crippen molar-refractivity contribution < 1.29 is 24.5 Å². The molecule has 0 aliphatic rings. The van der Waals surface area contributed by atoms with Crippen LogP contribution in [0, 0.1) is 5.92 Å². The quantitative estimate of drug-likeness (QED) is 0.519. The third kappa shape index (κ3) is 8.41. The fourth-order valence-corrected chi connectivity index (χ4v) is 1.54. The number of hydrogen-bond acceptors (Lipinski definition) is 5. The maximum Gasteiger partial charge on any atom is 0.219 e. The van der Waals surface area contributed by atoms with E-state index in [-0.39, 0.29) is 25.0 Å². The van der Waals surface area contributed by atoms with E-state index in [4.69, 9.17) is 19.7 Å². The lowest BCUT2D eigenvalue weighted by Gasteiger charge is -2.24. The monoisotopic (exact) mass is 263 g/mol. The highest BCUT2D eigenvalue weighted by Gasteiger charge is 2.13. The summed E-state index contributed by atoms with van der Waals surface area (Å²) < 4.78 is 10.2. The van der Waals surface area contributed by atoms with Gasteiger partial charge < -0.3 is 24.6 Å². The molecule has 2 unspecified atom stereocenters. The summed E-state index contributed by atoms with van der Waals surface area (Å²) >= 11 is 0. The molecule has 0 aromatic heterocycles. The Kier molecular flexibility index (Phi) is 9.86. The van der Waals surface area contributed by atoms with Gasteiger partial charge in [0, 0.05) is 27.1 Å². The van der Waals surface area contributed by atoms with Gasteiger partial charge in [0.25, 0.3) is 0 Å². The van der Waals surface area contributed by atoms with Crippen molar-refractivity contribution in [3.8, 4) is 0 Å². The zero-order valence-electron chi connectivity index (χ0n) is 11.5. The van der Waals surface area contributed by atoms with Gasteiger partial charge in [0.15, 0.2) is 0 Å². The van der Waals surface area contributed by atoms with Crippen molar-refractivity contribution in [3.05, 3.63) is 0 Å². The molecule has 0 rings (SSSR count). The molecule has 0 heterocycles. The van der Waals surface area contributed by atoms with Crippen LogP contribution in [0.15, 0.2) is 0 Å². The number of carbonyl (C=O) groups excluding carboxylic acids is 1. The van der Waals surface area contributed by atoms with Crippen molar-refractivity contribution >= 4 is 5.91 Å². The van der Waals surface area contributed by atoms with Gasteiger partial charge in [-0.2, -0.15) is 0 Å². The molecule has 6 heteroatoms. The molecule has 0 aromatic rings. The summed E-state index contributed by atoms with van der Waals surface area (Å²) in [5.74, 6) is 0.256. The summed E-state index contributed by atoms with van der Waals surface area (Å²) in [7, 11) is 1.63. The number of nitrogens with zero attached hydrogens (tertiary/aromatic N) is 1. The number of ether oxygens (including phenoxy) is 2. The Morgan fingerprint density at radius 2 is 2.06 bits per heavy atom. The summed E-state index contributed by atoms with van der Waals surface area (Å²) in [6, 6.07) is 0. The molecule has 0 bridgehead atoms. The Morgan fingerprint density at radius 3 is 2.56 bits per heavy atom. The highest BCUT2D eigenvalue weighted by molar-refractivity contribution is 5.73. The number of amides is 1. The average Bonchev–Trinajstić information content (AvgIpc) is 2.32. The minimum absolute atomic E-state index is 0.00994. The van der Waals surface area contributed by atoms with Gasteiger partial charge in [0.1, 0.15) is 6.10 Å². The molecule has 0 aliphatic carbocycles. The van der Waals surface area contributed by atoms with E-state index in [1.165, 1.54) is 6.92 Å². The van der Waals surface area contributed by atoms with Crippen LogP contribution in [0.3, 0.4) is 0 Å². The Labute approximate surface area is 108 Å². The first-order valence-electron chi connectivity index (χ1n) is 6.12. The highest BCUT2D eigenvalue weighted by Crippen LogP contribution is 2.01. The lowest BCUT2D eigenvalue weighted by molar-refractivity contribution is -0.130. The second kappa shape index (κ2) is 10.3. The Hall–Kier alpha value is -0.690. The molecule has 2 atom stereocenters. The third-order valence-corrected chi connectivity index (χ3v) is 2.46. The maximum atomic E-state index is 11.4. The molecule has 0 aromatic carbocycles. The molecule has 108 valence electrons. The van der Waals surface area contributed by atoms with Crippen LogP contribution >= 0.6 is 0 Å². The minimum atomic E-state index is -0.858. The predicted octanol–water partition coefficient (Wildman–Crippen LogP) is -0.513. The highest BCUT2D eigenvalue weighted by atomic mass is 16.5. The van der Waals surface area contributed by atoms with Crippen molar-refractivity contribution in [2.75, 3.05) is 46.6 Å². The van der Waals surface area contributed by atoms with E-state index in [9.17, 15) is 4.79 Å². The Morgan fingerprint density at radius 1 is 1.39 bits per heavy atom. The van der Waals surface area contributed by atoms with Crippen LogP contribution < -0.4 is 0 Å². The fourth-order valence-electron chi connectivity index (χ4n) is 1.54. The van der Waals surface area contributed by atoms with Crippen molar-refractivity contribution in [1.82, 2.24) is 4.90 Å². The standard InChI is InChI=1S/C12H25NO5/c1-10(8-17-3)6-13(11(2)15)4-5-18-9-12(16)7-14/h10,12,14,16H,4-9H2,1-3H3. The van der Waals surface area contributed by atoms with Gasteiger partial charge in [-0.25, -0.2) is 0 Å². The zero-order chi connectivity index (χ0) is 14.0. The van der Waals surface area contributed by atoms with Crippen LogP contribution in [0.5, 0.6) is 0 Å². The lowest BCUT2D eigenvalue weighted by Crippen LogP contribution is -2.37. The van der Waals surface area contributed by atoms with Crippen molar-refractivity contribution in [2.45, 2.75) is 20.0 Å².